The normalized spacial score (nSPS) is 12.4. The van der Waals surface area contributed by atoms with Gasteiger partial charge in [-0.15, -0.1) is 0 Å². The molecule has 0 spiro atoms. The number of rotatable bonds is 7. The summed E-state index contributed by atoms with van der Waals surface area (Å²) in [5, 5.41) is 10.3. The lowest BCUT2D eigenvalue weighted by molar-refractivity contribution is -0.0355. The van der Waals surface area contributed by atoms with Crippen LogP contribution in [0.25, 0.3) is 0 Å². The zero-order valence-corrected chi connectivity index (χ0v) is 14.2. The first-order chi connectivity index (χ1) is 12.1. The molecular formula is C19H17O5P. The molecule has 0 aliphatic heterocycles. The molecule has 0 saturated carbocycles. The third-order valence-electron chi connectivity index (χ3n) is 3.23. The molecule has 1 unspecified atom stereocenters. The molecule has 6 heteroatoms. The quantitative estimate of drug-likeness (QED) is 0.479. The zero-order valence-electron chi connectivity index (χ0n) is 13.3. The summed E-state index contributed by atoms with van der Waals surface area (Å²) < 4.78 is 29.3. The van der Waals surface area contributed by atoms with Crippen LogP contribution in [-0.2, 0) is 9.09 Å². The van der Waals surface area contributed by atoms with Crippen LogP contribution in [0.1, 0.15) is 11.9 Å². The van der Waals surface area contributed by atoms with E-state index in [4.69, 9.17) is 13.6 Å². The van der Waals surface area contributed by atoms with E-state index in [0.29, 0.717) is 17.1 Å². The largest absolute Gasteiger partial charge is 0.590 e. The lowest BCUT2D eigenvalue weighted by Gasteiger charge is -2.21. The van der Waals surface area contributed by atoms with Crippen molar-refractivity contribution in [2.45, 2.75) is 6.29 Å². The molecule has 3 aromatic rings. The van der Waals surface area contributed by atoms with Gasteiger partial charge < -0.3 is 14.2 Å². The molecule has 0 radical (unpaired) electrons. The van der Waals surface area contributed by atoms with Crippen LogP contribution >= 0.6 is 7.82 Å². The van der Waals surface area contributed by atoms with E-state index in [1.165, 1.54) is 0 Å². The Bertz CT molecular complexity index is 779. The van der Waals surface area contributed by atoms with E-state index in [9.17, 15) is 9.67 Å². The lowest BCUT2D eigenvalue weighted by Crippen LogP contribution is -2.09. The fourth-order valence-electron chi connectivity index (χ4n) is 2.08. The Kier molecular flexibility index (Phi) is 5.51. The summed E-state index contributed by atoms with van der Waals surface area (Å²) in [5.41, 5.74) is 0.441. The topological polar surface area (TPSA) is 65.0 Å². The van der Waals surface area contributed by atoms with E-state index in [-0.39, 0.29) is 0 Å². The number of phosphoric acid groups is 1. The summed E-state index contributed by atoms with van der Waals surface area (Å²) >= 11 is 0. The summed E-state index contributed by atoms with van der Waals surface area (Å²) in [5.74, 6) is 0.615. The second-order valence-corrected chi connectivity index (χ2v) is 6.59. The second kappa shape index (κ2) is 7.99. The number of benzene rings is 3. The van der Waals surface area contributed by atoms with Crippen LogP contribution in [-0.4, -0.2) is 5.11 Å². The molecule has 0 heterocycles. The van der Waals surface area contributed by atoms with E-state index in [0.717, 1.165) is 0 Å². The van der Waals surface area contributed by atoms with Gasteiger partial charge in [0.2, 0.25) is 0 Å². The van der Waals surface area contributed by atoms with Gasteiger partial charge in [0.25, 0.3) is 0 Å². The van der Waals surface area contributed by atoms with Gasteiger partial charge in [0, 0.05) is 5.56 Å². The fraction of sp³-hybridized carbons (Fsp3) is 0.0526. The molecule has 128 valence electrons. The number of phosphoric ester groups is 1. The SMILES string of the molecule is O=P(Oc1ccccc1)(Oc1ccccc1)OC(O)c1ccccc1. The van der Waals surface area contributed by atoms with Gasteiger partial charge >= 0.3 is 7.82 Å². The fourth-order valence-corrected chi connectivity index (χ4v) is 3.33. The average Bonchev–Trinajstić information content (AvgIpc) is 2.64. The molecular weight excluding hydrogens is 339 g/mol. The maximum Gasteiger partial charge on any atom is 0.590 e. The Morgan fingerprint density at radius 1 is 0.680 bits per heavy atom. The molecule has 5 nitrogen and oxygen atoms in total. The van der Waals surface area contributed by atoms with Crippen LogP contribution in [0.3, 0.4) is 0 Å². The molecule has 0 amide bonds. The first-order valence-electron chi connectivity index (χ1n) is 7.65. The van der Waals surface area contributed by atoms with Crippen LogP contribution in [0.2, 0.25) is 0 Å². The Hall–Kier alpha value is -2.59. The molecule has 3 aromatic carbocycles. The molecule has 0 saturated heterocycles. The van der Waals surface area contributed by atoms with E-state index in [1.54, 1.807) is 91.0 Å². The number of hydrogen-bond acceptors (Lipinski definition) is 5. The minimum absolute atomic E-state index is 0.307. The van der Waals surface area contributed by atoms with E-state index in [2.05, 4.69) is 0 Å². The van der Waals surface area contributed by atoms with Crippen molar-refractivity contribution in [3.8, 4) is 11.5 Å². The Morgan fingerprint density at radius 3 is 1.52 bits per heavy atom. The van der Waals surface area contributed by atoms with Crippen molar-refractivity contribution in [2.24, 2.45) is 0 Å². The van der Waals surface area contributed by atoms with Gasteiger partial charge in [0.1, 0.15) is 11.5 Å². The molecule has 0 aliphatic rings. The molecule has 0 fully saturated rings. The summed E-state index contributed by atoms with van der Waals surface area (Å²) in [6.45, 7) is 0. The molecule has 1 atom stereocenters. The Labute approximate surface area is 146 Å². The number of para-hydroxylation sites is 2. The molecule has 0 bridgehead atoms. The molecule has 0 aliphatic carbocycles. The van der Waals surface area contributed by atoms with Gasteiger partial charge in [-0.2, -0.15) is 0 Å². The number of aliphatic hydroxyl groups excluding tert-OH is 1. The smallest absolute Gasteiger partial charge is 0.395 e. The predicted octanol–water partition coefficient (Wildman–Crippen LogP) is 4.96. The highest BCUT2D eigenvalue weighted by Gasteiger charge is 2.34. The minimum atomic E-state index is -4.13. The number of hydrogen-bond donors (Lipinski definition) is 1. The summed E-state index contributed by atoms with van der Waals surface area (Å²) in [6, 6.07) is 25.6. The van der Waals surface area contributed by atoms with Gasteiger partial charge in [0.05, 0.1) is 0 Å². The zero-order chi connectivity index (χ0) is 17.5. The third-order valence-corrected chi connectivity index (χ3v) is 4.56. The van der Waals surface area contributed by atoms with Crippen LogP contribution in [0, 0.1) is 0 Å². The molecule has 25 heavy (non-hydrogen) atoms. The molecule has 3 rings (SSSR count). The maximum absolute atomic E-state index is 13.1. The van der Waals surface area contributed by atoms with Crippen LogP contribution in [0.4, 0.5) is 0 Å². The molecule has 1 N–H and O–H groups in total. The van der Waals surface area contributed by atoms with E-state index < -0.39 is 14.1 Å². The number of aliphatic hydroxyl groups is 1. The maximum atomic E-state index is 13.1. The highest BCUT2D eigenvalue weighted by molar-refractivity contribution is 7.49. The van der Waals surface area contributed by atoms with Crippen molar-refractivity contribution in [2.75, 3.05) is 0 Å². The standard InChI is InChI=1S/C19H17O5P/c20-19(16-10-4-1-5-11-16)24-25(21,22-17-12-6-2-7-13-17)23-18-14-8-3-9-15-18/h1-15,19-20H. The van der Waals surface area contributed by atoms with Crippen LogP contribution in [0.5, 0.6) is 11.5 Å². The highest BCUT2D eigenvalue weighted by atomic mass is 31.2. The van der Waals surface area contributed by atoms with Crippen molar-refractivity contribution in [3.63, 3.8) is 0 Å². The van der Waals surface area contributed by atoms with Crippen molar-refractivity contribution in [1.82, 2.24) is 0 Å². The monoisotopic (exact) mass is 356 g/mol. The van der Waals surface area contributed by atoms with Gasteiger partial charge in [-0.05, 0) is 24.3 Å². The molecule has 0 aromatic heterocycles. The van der Waals surface area contributed by atoms with E-state index >= 15 is 0 Å². The third kappa shape index (κ3) is 4.94. The minimum Gasteiger partial charge on any atom is -0.395 e. The Morgan fingerprint density at radius 2 is 1.08 bits per heavy atom. The lowest BCUT2D eigenvalue weighted by atomic mass is 10.2. The first kappa shape index (κ1) is 17.2. The summed E-state index contributed by atoms with van der Waals surface area (Å²) in [7, 11) is -4.13. The van der Waals surface area contributed by atoms with Gasteiger partial charge in [-0.1, -0.05) is 66.7 Å². The summed E-state index contributed by atoms with van der Waals surface area (Å²) in [6.07, 6.45) is -1.46. The van der Waals surface area contributed by atoms with E-state index in [1.807, 2.05) is 0 Å². The van der Waals surface area contributed by atoms with Gasteiger partial charge in [-0.25, -0.2) is 9.09 Å². The highest BCUT2D eigenvalue weighted by Crippen LogP contribution is 2.52. The van der Waals surface area contributed by atoms with Gasteiger partial charge in [-0.3, -0.25) is 0 Å². The average molecular weight is 356 g/mol. The predicted molar refractivity (Wildman–Crippen MR) is 94.2 cm³/mol. The van der Waals surface area contributed by atoms with Crippen molar-refractivity contribution in [1.29, 1.82) is 0 Å². The van der Waals surface area contributed by atoms with Gasteiger partial charge in [0.15, 0.2) is 6.29 Å². The van der Waals surface area contributed by atoms with Crippen LogP contribution in [0.15, 0.2) is 91.0 Å². The van der Waals surface area contributed by atoms with Crippen molar-refractivity contribution >= 4 is 7.82 Å². The van der Waals surface area contributed by atoms with Crippen LogP contribution < -0.4 is 9.05 Å². The van der Waals surface area contributed by atoms with Crippen molar-refractivity contribution in [3.05, 3.63) is 96.6 Å². The first-order valence-corrected chi connectivity index (χ1v) is 9.11. The summed E-state index contributed by atoms with van der Waals surface area (Å²) in [4.78, 5) is 0. The Balaban J connectivity index is 1.84. The van der Waals surface area contributed by atoms with Crippen molar-refractivity contribution < 1.29 is 23.2 Å². The second-order valence-electron chi connectivity index (χ2n) is 5.12.